The Hall–Kier alpha value is -0.910. The van der Waals surface area contributed by atoms with Gasteiger partial charge in [-0.3, -0.25) is 4.79 Å². The van der Waals surface area contributed by atoms with Crippen LogP contribution < -0.4 is 5.32 Å². The molecule has 0 aliphatic rings. The molecule has 0 bridgehead atoms. The van der Waals surface area contributed by atoms with Gasteiger partial charge in [0.2, 0.25) is 0 Å². The van der Waals surface area contributed by atoms with Gasteiger partial charge >= 0.3 is 0 Å². The van der Waals surface area contributed by atoms with Crippen LogP contribution in [0.15, 0.2) is 45.3 Å². The first-order valence-corrected chi connectivity index (χ1v) is 7.15. The maximum atomic E-state index is 13.0. The molecule has 0 saturated heterocycles. The van der Waals surface area contributed by atoms with Gasteiger partial charge in [0.1, 0.15) is 5.82 Å². The molecule has 0 atom stereocenters. The number of carbonyl (C=O) groups is 1. The Bertz CT molecular complexity index is 649. The number of hydrogen-bond acceptors (Lipinski definition) is 1. The SMILES string of the molecule is O=C(Nc1ccc(F)cc1Br)c1cc(Br)ccc1Cl. The maximum Gasteiger partial charge on any atom is 0.257 e. The van der Waals surface area contributed by atoms with Crippen LogP contribution in [0.3, 0.4) is 0 Å². The summed E-state index contributed by atoms with van der Waals surface area (Å²) in [6.45, 7) is 0. The quantitative estimate of drug-likeness (QED) is 0.723. The van der Waals surface area contributed by atoms with Gasteiger partial charge in [0, 0.05) is 8.95 Å². The van der Waals surface area contributed by atoms with E-state index in [1.54, 1.807) is 18.2 Å². The van der Waals surface area contributed by atoms with Crippen molar-refractivity contribution in [3.63, 3.8) is 0 Å². The number of nitrogens with one attached hydrogen (secondary N) is 1. The van der Waals surface area contributed by atoms with Gasteiger partial charge in [0.15, 0.2) is 0 Å². The van der Waals surface area contributed by atoms with E-state index in [2.05, 4.69) is 37.2 Å². The lowest BCUT2D eigenvalue weighted by Crippen LogP contribution is -2.13. The van der Waals surface area contributed by atoms with Crippen molar-refractivity contribution >= 4 is 55.1 Å². The van der Waals surface area contributed by atoms with Gasteiger partial charge in [0.25, 0.3) is 5.91 Å². The molecule has 0 unspecified atom stereocenters. The van der Waals surface area contributed by atoms with Gasteiger partial charge in [0.05, 0.1) is 16.3 Å². The van der Waals surface area contributed by atoms with Crippen molar-refractivity contribution in [1.29, 1.82) is 0 Å². The number of benzene rings is 2. The molecule has 2 nitrogen and oxygen atoms in total. The fraction of sp³-hybridized carbons (Fsp3) is 0. The van der Waals surface area contributed by atoms with Crippen LogP contribution in [-0.4, -0.2) is 5.91 Å². The first kappa shape index (κ1) is 14.5. The summed E-state index contributed by atoms with van der Waals surface area (Å²) in [6, 6.07) is 9.01. The molecule has 1 N–H and O–H groups in total. The molecule has 0 spiro atoms. The van der Waals surface area contributed by atoms with Gasteiger partial charge < -0.3 is 5.32 Å². The molecule has 6 heteroatoms. The summed E-state index contributed by atoms with van der Waals surface area (Å²) in [6.07, 6.45) is 0. The van der Waals surface area contributed by atoms with Crippen LogP contribution in [0.1, 0.15) is 10.4 Å². The average Bonchev–Trinajstić information content (AvgIpc) is 2.35. The molecule has 0 heterocycles. The Balaban J connectivity index is 2.28. The van der Waals surface area contributed by atoms with E-state index in [-0.39, 0.29) is 11.7 Å². The van der Waals surface area contributed by atoms with Crippen molar-refractivity contribution in [3.8, 4) is 0 Å². The van der Waals surface area contributed by atoms with E-state index < -0.39 is 0 Å². The predicted molar refractivity (Wildman–Crippen MR) is 81.2 cm³/mol. The molecule has 0 aliphatic heterocycles. The fourth-order valence-electron chi connectivity index (χ4n) is 1.45. The fourth-order valence-corrected chi connectivity index (χ4v) is 2.47. The van der Waals surface area contributed by atoms with Crippen LogP contribution in [0.2, 0.25) is 5.02 Å². The number of rotatable bonds is 2. The van der Waals surface area contributed by atoms with Gasteiger partial charge in [-0.25, -0.2) is 4.39 Å². The van der Waals surface area contributed by atoms with Crippen LogP contribution in [0.4, 0.5) is 10.1 Å². The van der Waals surface area contributed by atoms with E-state index in [0.29, 0.717) is 20.7 Å². The largest absolute Gasteiger partial charge is 0.321 e. The summed E-state index contributed by atoms with van der Waals surface area (Å²) >= 11 is 12.4. The van der Waals surface area contributed by atoms with Gasteiger partial charge in [-0.2, -0.15) is 0 Å². The first-order valence-electron chi connectivity index (χ1n) is 5.19. The summed E-state index contributed by atoms with van der Waals surface area (Å²) in [5, 5.41) is 3.01. The summed E-state index contributed by atoms with van der Waals surface area (Å²) < 4.78 is 14.2. The van der Waals surface area contributed by atoms with Gasteiger partial charge in [-0.15, -0.1) is 0 Å². The number of anilines is 1. The Morgan fingerprint density at radius 2 is 1.89 bits per heavy atom. The van der Waals surface area contributed by atoms with Crippen molar-refractivity contribution in [2.45, 2.75) is 0 Å². The molecule has 19 heavy (non-hydrogen) atoms. The average molecular weight is 407 g/mol. The Labute approximate surface area is 131 Å². The van der Waals surface area contributed by atoms with Crippen molar-refractivity contribution in [2.75, 3.05) is 5.32 Å². The second-order valence-electron chi connectivity index (χ2n) is 3.70. The van der Waals surface area contributed by atoms with Crippen LogP contribution in [0.25, 0.3) is 0 Å². The summed E-state index contributed by atoms with van der Waals surface area (Å²) in [7, 11) is 0. The second-order valence-corrected chi connectivity index (χ2v) is 5.88. The molecule has 98 valence electrons. The molecule has 0 radical (unpaired) electrons. The van der Waals surface area contributed by atoms with E-state index in [1.165, 1.54) is 18.2 Å². The smallest absolute Gasteiger partial charge is 0.257 e. The van der Waals surface area contributed by atoms with E-state index in [0.717, 1.165) is 4.47 Å². The first-order chi connectivity index (χ1) is 8.97. The molecule has 0 saturated carbocycles. The van der Waals surface area contributed by atoms with E-state index in [9.17, 15) is 9.18 Å². The molecule has 0 aromatic heterocycles. The minimum Gasteiger partial charge on any atom is -0.321 e. The van der Waals surface area contributed by atoms with Crippen molar-refractivity contribution in [3.05, 3.63) is 61.7 Å². The standard InChI is InChI=1S/C13H7Br2ClFNO/c14-7-1-3-11(16)9(5-7)13(19)18-12-4-2-8(17)6-10(12)15/h1-6H,(H,18,19). The van der Waals surface area contributed by atoms with Crippen LogP contribution in [-0.2, 0) is 0 Å². The van der Waals surface area contributed by atoms with Crippen molar-refractivity contribution in [1.82, 2.24) is 0 Å². The van der Waals surface area contributed by atoms with Crippen LogP contribution in [0, 0.1) is 5.82 Å². The molecule has 1 amide bonds. The third-order valence-corrected chi connectivity index (χ3v) is 3.83. The Morgan fingerprint density at radius 1 is 1.16 bits per heavy atom. The lowest BCUT2D eigenvalue weighted by molar-refractivity contribution is 0.102. The third-order valence-electron chi connectivity index (χ3n) is 2.35. The number of halogens is 4. The zero-order valence-corrected chi connectivity index (χ0v) is 13.3. The van der Waals surface area contributed by atoms with E-state index in [4.69, 9.17) is 11.6 Å². The zero-order valence-electron chi connectivity index (χ0n) is 9.38. The Morgan fingerprint density at radius 3 is 2.58 bits per heavy atom. The minimum atomic E-state index is -0.384. The second kappa shape index (κ2) is 6.03. The monoisotopic (exact) mass is 405 g/mol. The summed E-state index contributed by atoms with van der Waals surface area (Å²) in [5.41, 5.74) is 0.815. The zero-order chi connectivity index (χ0) is 14.0. The predicted octanol–water partition coefficient (Wildman–Crippen LogP) is 5.26. The third kappa shape index (κ3) is 3.55. The number of hydrogen-bond donors (Lipinski definition) is 1. The lowest BCUT2D eigenvalue weighted by Gasteiger charge is -2.09. The summed E-state index contributed by atoms with van der Waals surface area (Å²) in [5.74, 6) is -0.746. The van der Waals surface area contributed by atoms with Gasteiger partial charge in [-0.05, 0) is 52.3 Å². The lowest BCUT2D eigenvalue weighted by atomic mass is 10.2. The van der Waals surface area contributed by atoms with E-state index in [1.807, 2.05) is 0 Å². The molecule has 0 fully saturated rings. The van der Waals surface area contributed by atoms with Crippen LogP contribution in [0.5, 0.6) is 0 Å². The molecular weight excluding hydrogens is 400 g/mol. The van der Waals surface area contributed by atoms with Crippen molar-refractivity contribution in [2.24, 2.45) is 0 Å². The molecule has 2 aromatic rings. The van der Waals surface area contributed by atoms with Gasteiger partial charge in [-0.1, -0.05) is 27.5 Å². The topological polar surface area (TPSA) is 29.1 Å². The highest BCUT2D eigenvalue weighted by Crippen LogP contribution is 2.26. The number of amides is 1. The number of carbonyl (C=O) groups excluding carboxylic acids is 1. The minimum absolute atomic E-state index is 0.340. The summed E-state index contributed by atoms with van der Waals surface area (Å²) in [4.78, 5) is 12.1. The van der Waals surface area contributed by atoms with Crippen molar-refractivity contribution < 1.29 is 9.18 Å². The highest BCUT2D eigenvalue weighted by atomic mass is 79.9. The molecule has 2 aromatic carbocycles. The molecule has 2 rings (SSSR count). The Kier molecular flexibility index (Phi) is 4.60. The highest BCUT2D eigenvalue weighted by Gasteiger charge is 2.12. The maximum absolute atomic E-state index is 13.0. The molecular formula is C13H7Br2ClFNO. The van der Waals surface area contributed by atoms with E-state index >= 15 is 0 Å². The van der Waals surface area contributed by atoms with Crippen LogP contribution >= 0.6 is 43.5 Å². The molecule has 0 aliphatic carbocycles. The highest BCUT2D eigenvalue weighted by molar-refractivity contribution is 9.10. The normalized spacial score (nSPS) is 10.3.